The molecule has 0 bridgehead atoms. The second-order valence-electron chi connectivity index (χ2n) is 5.91. The van der Waals surface area contributed by atoms with E-state index < -0.39 is 0 Å². The van der Waals surface area contributed by atoms with Crippen LogP contribution in [-0.2, 0) is 11.3 Å². The van der Waals surface area contributed by atoms with E-state index in [1.807, 2.05) is 19.1 Å². The van der Waals surface area contributed by atoms with Gasteiger partial charge >= 0.3 is 0 Å². The van der Waals surface area contributed by atoms with Gasteiger partial charge in [-0.25, -0.2) is 0 Å². The highest BCUT2D eigenvalue weighted by Crippen LogP contribution is 2.35. The second-order valence-corrected chi connectivity index (χ2v) is 5.91. The summed E-state index contributed by atoms with van der Waals surface area (Å²) in [7, 11) is 0. The minimum Gasteiger partial charge on any atom is -0.370 e. The highest BCUT2D eigenvalue weighted by Gasteiger charge is 2.31. The van der Waals surface area contributed by atoms with E-state index in [4.69, 9.17) is 15.0 Å². The Labute approximate surface area is 124 Å². The molecule has 0 saturated carbocycles. The molecule has 2 N–H and O–H groups in total. The van der Waals surface area contributed by atoms with Crippen LogP contribution >= 0.6 is 0 Å². The number of hydrogen-bond donors (Lipinski definition) is 1. The van der Waals surface area contributed by atoms with Crippen molar-refractivity contribution in [3.05, 3.63) is 29.7 Å². The van der Waals surface area contributed by atoms with Gasteiger partial charge in [-0.05, 0) is 24.0 Å². The Morgan fingerprint density at radius 3 is 2.62 bits per heavy atom. The van der Waals surface area contributed by atoms with E-state index in [-0.39, 0.29) is 11.5 Å². The van der Waals surface area contributed by atoms with Crippen molar-refractivity contribution in [2.45, 2.75) is 40.3 Å². The van der Waals surface area contributed by atoms with Gasteiger partial charge < -0.3 is 15.0 Å². The Morgan fingerprint density at radius 2 is 2.10 bits per heavy atom. The number of aromatic nitrogens is 3. The molecule has 0 aliphatic rings. The maximum Gasteiger partial charge on any atom is 0.276 e. The molecule has 6 heteroatoms. The van der Waals surface area contributed by atoms with Crippen LogP contribution in [0.1, 0.15) is 45.2 Å². The molecular formula is C15H22N4O2. The summed E-state index contributed by atoms with van der Waals surface area (Å²) in [5, 5.41) is 4.04. The van der Waals surface area contributed by atoms with Crippen LogP contribution in [0.5, 0.6) is 0 Å². The van der Waals surface area contributed by atoms with Crippen molar-refractivity contribution in [3.8, 4) is 11.6 Å². The topological polar surface area (TPSA) is 87.1 Å². The maximum atomic E-state index is 5.76. The van der Waals surface area contributed by atoms with Gasteiger partial charge in [-0.2, -0.15) is 4.98 Å². The van der Waals surface area contributed by atoms with Crippen molar-refractivity contribution in [2.24, 2.45) is 11.1 Å². The van der Waals surface area contributed by atoms with Crippen molar-refractivity contribution in [3.63, 3.8) is 0 Å². The van der Waals surface area contributed by atoms with Gasteiger partial charge in [-0.1, -0.05) is 32.0 Å². The van der Waals surface area contributed by atoms with Gasteiger partial charge in [0.25, 0.3) is 5.89 Å². The summed E-state index contributed by atoms with van der Waals surface area (Å²) in [4.78, 5) is 8.71. The highest BCUT2D eigenvalue weighted by molar-refractivity contribution is 5.46. The summed E-state index contributed by atoms with van der Waals surface area (Å²) < 4.78 is 11.1. The van der Waals surface area contributed by atoms with Crippen LogP contribution in [0, 0.1) is 5.41 Å². The van der Waals surface area contributed by atoms with Crippen molar-refractivity contribution >= 4 is 0 Å². The van der Waals surface area contributed by atoms with Crippen molar-refractivity contribution < 1.29 is 9.26 Å². The Morgan fingerprint density at radius 1 is 1.33 bits per heavy atom. The largest absolute Gasteiger partial charge is 0.370 e. The molecule has 2 aromatic rings. The van der Waals surface area contributed by atoms with Crippen molar-refractivity contribution in [1.82, 2.24) is 15.1 Å². The second kappa shape index (κ2) is 6.32. The van der Waals surface area contributed by atoms with E-state index in [2.05, 4.69) is 35.9 Å². The molecule has 2 rings (SSSR count). The van der Waals surface area contributed by atoms with Gasteiger partial charge in [0.05, 0.1) is 0 Å². The van der Waals surface area contributed by atoms with Gasteiger partial charge in [0.15, 0.2) is 0 Å². The molecule has 1 atom stereocenters. The SMILES string of the molecule is CCOC(c1noc(-c2ccc(CN)cn2)n1)C(C)(C)C. The average Bonchev–Trinajstić information content (AvgIpc) is 2.93. The summed E-state index contributed by atoms with van der Waals surface area (Å²) >= 11 is 0. The zero-order valence-corrected chi connectivity index (χ0v) is 13.0. The Kier molecular flexibility index (Phi) is 4.69. The normalized spacial score (nSPS) is 13.4. The van der Waals surface area contributed by atoms with Crippen LogP contribution in [0.4, 0.5) is 0 Å². The smallest absolute Gasteiger partial charge is 0.276 e. The number of pyridine rings is 1. The fourth-order valence-electron chi connectivity index (χ4n) is 2.00. The molecule has 2 heterocycles. The van der Waals surface area contributed by atoms with E-state index in [1.165, 1.54) is 0 Å². The first kappa shape index (κ1) is 15.6. The van der Waals surface area contributed by atoms with Crippen LogP contribution in [0.3, 0.4) is 0 Å². The maximum absolute atomic E-state index is 5.76. The molecule has 0 saturated heterocycles. The minimum atomic E-state index is -0.219. The highest BCUT2D eigenvalue weighted by atomic mass is 16.5. The number of nitrogens with two attached hydrogens (primary N) is 1. The lowest BCUT2D eigenvalue weighted by atomic mass is 9.88. The molecule has 0 spiro atoms. The Bertz CT molecular complexity index is 572. The van der Waals surface area contributed by atoms with Gasteiger partial charge in [0.2, 0.25) is 5.82 Å². The number of nitrogens with zero attached hydrogens (tertiary/aromatic N) is 3. The molecule has 0 aromatic carbocycles. The summed E-state index contributed by atoms with van der Waals surface area (Å²) in [6, 6.07) is 3.72. The lowest BCUT2D eigenvalue weighted by Crippen LogP contribution is -2.22. The van der Waals surface area contributed by atoms with Crippen LogP contribution in [0.15, 0.2) is 22.9 Å². The van der Waals surface area contributed by atoms with E-state index in [0.29, 0.717) is 30.6 Å². The van der Waals surface area contributed by atoms with Crippen LogP contribution in [-0.4, -0.2) is 21.7 Å². The lowest BCUT2D eigenvalue weighted by molar-refractivity contribution is -0.0203. The third-order valence-electron chi connectivity index (χ3n) is 3.08. The average molecular weight is 290 g/mol. The molecule has 2 aromatic heterocycles. The fraction of sp³-hybridized carbons (Fsp3) is 0.533. The predicted octanol–water partition coefficient (Wildman–Crippen LogP) is 2.71. The third kappa shape index (κ3) is 3.65. The zero-order valence-electron chi connectivity index (χ0n) is 13.0. The molecule has 114 valence electrons. The molecule has 0 aliphatic carbocycles. The predicted molar refractivity (Wildman–Crippen MR) is 79.2 cm³/mol. The summed E-state index contributed by atoms with van der Waals surface area (Å²) in [6.07, 6.45) is 1.49. The molecule has 21 heavy (non-hydrogen) atoms. The third-order valence-corrected chi connectivity index (χ3v) is 3.08. The summed E-state index contributed by atoms with van der Waals surface area (Å²) in [6.45, 7) is 9.24. The molecule has 0 radical (unpaired) electrons. The van der Waals surface area contributed by atoms with Crippen LogP contribution in [0.2, 0.25) is 0 Å². The summed E-state index contributed by atoms with van der Waals surface area (Å²) in [5.41, 5.74) is 7.03. The quantitative estimate of drug-likeness (QED) is 0.911. The first-order valence-electron chi connectivity index (χ1n) is 7.06. The van der Waals surface area contributed by atoms with Gasteiger partial charge in [0.1, 0.15) is 11.8 Å². The van der Waals surface area contributed by atoms with Crippen LogP contribution < -0.4 is 5.73 Å². The van der Waals surface area contributed by atoms with Crippen LogP contribution in [0.25, 0.3) is 11.6 Å². The molecule has 0 aliphatic heterocycles. The standard InChI is InChI=1S/C15H22N4O2/c1-5-20-12(15(2,3)4)13-18-14(21-19-13)11-7-6-10(8-16)9-17-11/h6-7,9,12H,5,8,16H2,1-4H3. The monoisotopic (exact) mass is 290 g/mol. The summed E-state index contributed by atoms with van der Waals surface area (Å²) in [5.74, 6) is 0.937. The molecule has 1 unspecified atom stereocenters. The molecule has 6 nitrogen and oxygen atoms in total. The lowest BCUT2D eigenvalue weighted by Gasteiger charge is -2.27. The molecule has 0 fully saturated rings. The van der Waals surface area contributed by atoms with E-state index >= 15 is 0 Å². The zero-order chi connectivity index (χ0) is 15.5. The van der Waals surface area contributed by atoms with Gasteiger partial charge in [-0.3, -0.25) is 4.98 Å². The first-order valence-corrected chi connectivity index (χ1v) is 7.06. The van der Waals surface area contributed by atoms with Crippen molar-refractivity contribution in [2.75, 3.05) is 6.61 Å². The Hall–Kier alpha value is -1.79. The molecular weight excluding hydrogens is 268 g/mol. The van der Waals surface area contributed by atoms with Gasteiger partial charge in [-0.15, -0.1) is 0 Å². The van der Waals surface area contributed by atoms with Crippen molar-refractivity contribution in [1.29, 1.82) is 0 Å². The number of hydrogen-bond acceptors (Lipinski definition) is 6. The number of rotatable bonds is 5. The fourth-order valence-corrected chi connectivity index (χ4v) is 2.00. The van der Waals surface area contributed by atoms with E-state index in [9.17, 15) is 0 Å². The van der Waals surface area contributed by atoms with E-state index in [1.54, 1.807) is 6.20 Å². The number of ether oxygens (including phenoxy) is 1. The van der Waals surface area contributed by atoms with Gasteiger partial charge in [0, 0.05) is 19.3 Å². The first-order chi connectivity index (χ1) is 9.95. The minimum absolute atomic E-state index is 0.117. The molecule has 0 amide bonds. The van der Waals surface area contributed by atoms with E-state index in [0.717, 1.165) is 5.56 Å². The Balaban J connectivity index is 2.27.